The first kappa shape index (κ1) is 13.6. The highest BCUT2D eigenvalue weighted by Gasteiger charge is 2.33. The molecule has 0 radical (unpaired) electrons. The molecule has 0 bridgehead atoms. The second-order valence-electron chi connectivity index (χ2n) is 5.07. The maximum Gasteiger partial charge on any atom is 0.326 e. The maximum absolute atomic E-state index is 12.1. The summed E-state index contributed by atoms with van der Waals surface area (Å²) in [7, 11) is 0. The van der Waals surface area contributed by atoms with Crippen LogP contribution in [-0.2, 0) is 16.0 Å². The number of amides is 1. The number of carboxylic acid groups (broad SMARTS) is 1. The molecule has 0 aliphatic carbocycles. The fraction of sp³-hybridized carbons (Fsp3) is 0.467. The molecule has 4 heteroatoms. The van der Waals surface area contributed by atoms with Gasteiger partial charge in [0.1, 0.15) is 6.04 Å². The highest BCUT2D eigenvalue weighted by molar-refractivity contribution is 5.84. The maximum atomic E-state index is 12.1. The minimum atomic E-state index is -0.888. The highest BCUT2D eigenvalue weighted by atomic mass is 16.4. The Kier molecular flexibility index (Phi) is 4.20. The second kappa shape index (κ2) is 5.87. The molecule has 0 aromatic heterocycles. The molecule has 1 aromatic carbocycles. The monoisotopic (exact) mass is 261 g/mol. The molecular formula is C15H19NO3. The molecule has 1 amide bonds. The Labute approximate surface area is 113 Å². The smallest absolute Gasteiger partial charge is 0.326 e. The van der Waals surface area contributed by atoms with Crippen molar-refractivity contribution in [2.45, 2.75) is 38.6 Å². The molecular weight excluding hydrogens is 242 g/mol. The zero-order valence-electron chi connectivity index (χ0n) is 11.1. The molecule has 0 saturated carbocycles. The predicted octanol–water partition coefficient (Wildman–Crippen LogP) is 2.00. The third kappa shape index (κ3) is 3.34. The van der Waals surface area contributed by atoms with Gasteiger partial charge in [0.25, 0.3) is 0 Å². The van der Waals surface area contributed by atoms with Crippen LogP contribution in [-0.4, -0.2) is 34.5 Å². The third-order valence-corrected chi connectivity index (χ3v) is 3.61. The van der Waals surface area contributed by atoms with E-state index in [-0.39, 0.29) is 5.91 Å². The second-order valence-corrected chi connectivity index (χ2v) is 5.07. The Hall–Kier alpha value is -1.84. The SMILES string of the molecule is Cc1ccc(CCC(=O)N2CCC[C@H]2C(=O)O)cc1. The van der Waals surface area contributed by atoms with Crippen molar-refractivity contribution in [1.29, 1.82) is 0 Å². The van der Waals surface area contributed by atoms with Crippen LogP contribution in [0.2, 0.25) is 0 Å². The summed E-state index contributed by atoms with van der Waals surface area (Å²) in [6.07, 6.45) is 2.41. The van der Waals surface area contributed by atoms with E-state index in [9.17, 15) is 9.59 Å². The zero-order valence-corrected chi connectivity index (χ0v) is 11.1. The summed E-state index contributed by atoms with van der Waals surface area (Å²) in [4.78, 5) is 24.6. The van der Waals surface area contributed by atoms with Gasteiger partial charge in [0.2, 0.25) is 5.91 Å². The number of aliphatic carboxylic acids is 1. The van der Waals surface area contributed by atoms with E-state index in [0.717, 1.165) is 12.0 Å². The number of carboxylic acids is 1. The van der Waals surface area contributed by atoms with Gasteiger partial charge in [-0.1, -0.05) is 29.8 Å². The number of likely N-dealkylation sites (tertiary alicyclic amines) is 1. The summed E-state index contributed by atoms with van der Waals surface area (Å²) in [6, 6.07) is 7.46. The van der Waals surface area contributed by atoms with E-state index in [1.807, 2.05) is 31.2 Å². The lowest BCUT2D eigenvalue weighted by Crippen LogP contribution is -2.40. The van der Waals surface area contributed by atoms with Gasteiger partial charge < -0.3 is 10.0 Å². The zero-order chi connectivity index (χ0) is 13.8. The van der Waals surface area contributed by atoms with Crippen LogP contribution in [0.25, 0.3) is 0 Å². The van der Waals surface area contributed by atoms with Crippen molar-refractivity contribution in [3.05, 3.63) is 35.4 Å². The summed E-state index contributed by atoms with van der Waals surface area (Å²) >= 11 is 0. The average Bonchev–Trinajstić information content (AvgIpc) is 2.87. The minimum absolute atomic E-state index is 0.0505. The predicted molar refractivity (Wildman–Crippen MR) is 71.9 cm³/mol. The van der Waals surface area contributed by atoms with Crippen molar-refractivity contribution in [1.82, 2.24) is 4.90 Å². The Morgan fingerprint density at radius 2 is 2.00 bits per heavy atom. The lowest BCUT2D eigenvalue weighted by atomic mass is 10.1. The van der Waals surface area contributed by atoms with Gasteiger partial charge in [-0.2, -0.15) is 0 Å². The van der Waals surface area contributed by atoms with Crippen LogP contribution < -0.4 is 0 Å². The van der Waals surface area contributed by atoms with E-state index in [1.165, 1.54) is 10.5 Å². The van der Waals surface area contributed by atoms with E-state index < -0.39 is 12.0 Å². The van der Waals surface area contributed by atoms with E-state index in [2.05, 4.69) is 0 Å². The number of rotatable bonds is 4. The molecule has 1 N–H and O–H groups in total. The van der Waals surface area contributed by atoms with Crippen molar-refractivity contribution in [3.63, 3.8) is 0 Å². The van der Waals surface area contributed by atoms with Crippen molar-refractivity contribution in [3.8, 4) is 0 Å². The molecule has 1 fully saturated rings. The largest absolute Gasteiger partial charge is 0.480 e. The quantitative estimate of drug-likeness (QED) is 0.902. The fourth-order valence-corrected chi connectivity index (χ4v) is 2.47. The Morgan fingerprint density at radius 3 is 2.63 bits per heavy atom. The molecule has 2 rings (SSSR count). The van der Waals surface area contributed by atoms with Crippen LogP contribution in [0, 0.1) is 6.92 Å². The van der Waals surface area contributed by atoms with Crippen molar-refractivity contribution >= 4 is 11.9 Å². The normalized spacial score (nSPS) is 18.6. The van der Waals surface area contributed by atoms with Crippen LogP contribution in [0.4, 0.5) is 0 Å². The van der Waals surface area contributed by atoms with Gasteiger partial charge in [0.15, 0.2) is 0 Å². The van der Waals surface area contributed by atoms with Crippen LogP contribution >= 0.6 is 0 Å². The van der Waals surface area contributed by atoms with Gasteiger partial charge in [-0.3, -0.25) is 4.79 Å². The fourth-order valence-electron chi connectivity index (χ4n) is 2.47. The summed E-state index contributed by atoms with van der Waals surface area (Å²) in [6.45, 7) is 2.60. The molecule has 1 atom stereocenters. The number of aryl methyl sites for hydroxylation is 2. The first-order chi connectivity index (χ1) is 9.08. The van der Waals surface area contributed by atoms with Crippen LogP contribution in [0.1, 0.15) is 30.4 Å². The molecule has 0 spiro atoms. The Balaban J connectivity index is 1.90. The average molecular weight is 261 g/mol. The number of nitrogens with zero attached hydrogens (tertiary/aromatic N) is 1. The molecule has 1 aromatic rings. The van der Waals surface area contributed by atoms with E-state index in [0.29, 0.717) is 25.8 Å². The number of carbonyl (C=O) groups is 2. The van der Waals surface area contributed by atoms with Gasteiger partial charge in [-0.05, 0) is 31.7 Å². The van der Waals surface area contributed by atoms with E-state index in [4.69, 9.17) is 5.11 Å². The Bertz CT molecular complexity index is 467. The molecule has 102 valence electrons. The van der Waals surface area contributed by atoms with Crippen LogP contribution in [0.15, 0.2) is 24.3 Å². The first-order valence-electron chi connectivity index (χ1n) is 6.66. The summed E-state index contributed by atoms with van der Waals surface area (Å²) in [5, 5.41) is 9.05. The van der Waals surface area contributed by atoms with Crippen molar-refractivity contribution < 1.29 is 14.7 Å². The molecule has 19 heavy (non-hydrogen) atoms. The van der Waals surface area contributed by atoms with Crippen molar-refractivity contribution in [2.24, 2.45) is 0 Å². The summed E-state index contributed by atoms with van der Waals surface area (Å²) < 4.78 is 0. The van der Waals surface area contributed by atoms with Crippen molar-refractivity contribution in [2.75, 3.05) is 6.54 Å². The summed E-state index contributed by atoms with van der Waals surface area (Å²) in [5.74, 6) is -0.938. The van der Waals surface area contributed by atoms with Gasteiger partial charge >= 0.3 is 5.97 Å². The highest BCUT2D eigenvalue weighted by Crippen LogP contribution is 2.19. The minimum Gasteiger partial charge on any atom is -0.480 e. The molecule has 1 aliphatic heterocycles. The molecule has 1 aliphatic rings. The summed E-state index contributed by atoms with van der Waals surface area (Å²) in [5.41, 5.74) is 2.31. The lowest BCUT2D eigenvalue weighted by Gasteiger charge is -2.21. The molecule has 0 unspecified atom stereocenters. The van der Waals surface area contributed by atoms with Gasteiger partial charge in [0.05, 0.1) is 0 Å². The van der Waals surface area contributed by atoms with E-state index >= 15 is 0 Å². The topological polar surface area (TPSA) is 57.6 Å². The standard InChI is InChI=1S/C15H19NO3/c1-11-4-6-12(7-5-11)8-9-14(17)16-10-2-3-13(16)15(18)19/h4-7,13H,2-3,8-10H2,1H3,(H,18,19)/t13-/m0/s1. The number of carbonyl (C=O) groups excluding carboxylic acids is 1. The number of hydrogen-bond donors (Lipinski definition) is 1. The van der Waals surface area contributed by atoms with Gasteiger partial charge in [-0.15, -0.1) is 0 Å². The molecule has 1 saturated heterocycles. The molecule has 4 nitrogen and oxygen atoms in total. The van der Waals surface area contributed by atoms with Crippen LogP contribution in [0.5, 0.6) is 0 Å². The molecule has 1 heterocycles. The van der Waals surface area contributed by atoms with Gasteiger partial charge in [0, 0.05) is 13.0 Å². The number of hydrogen-bond acceptors (Lipinski definition) is 2. The Morgan fingerprint density at radius 1 is 1.32 bits per heavy atom. The third-order valence-electron chi connectivity index (χ3n) is 3.61. The van der Waals surface area contributed by atoms with Gasteiger partial charge in [-0.25, -0.2) is 4.79 Å². The van der Waals surface area contributed by atoms with Crippen LogP contribution in [0.3, 0.4) is 0 Å². The number of benzene rings is 1. The lowest BCUT2D eigenvalue weighted by molar-refractivity contribution is -0.148. The first-order valence-corrected chi connectivity index (χ1v) is 6.66. The van der Waals surface area contributed by atoms with E-state index in [1.54, 1.807) is 0 Å².